The lowest BCUT2D eigenvalue weighted by Crippen LogP contribution is -2.27. The minimum absolute atomic E-state index is 0.0281. The van der Waals surface area contributed by atoms with Gasteiger partial charge in [-0.05, 0) is 24.6 Å². The normalized spacial score (nSPS) is 10.6. The zero-order valence-electron chi connectivity index (χ0n) is 12.7. The molecule has 0 aliphatic heterocycles. The number of pyridine rings is 2. The maximum Gasteiger partial charge on any atom is 0.255 e. The van der Waals surface area contributed by atoms with E-state index in [2.05, 4.69) is 9.97 Å². The van der Waals surface area contributed by atoms with Gasteiger partial charge in [-0.15, -0.1) is 0 Å². The molecule has 2 aromatic heterocycles. The number of hydrogen-bond acceptors (Lipinski definition) is 3. The number of hydrogen-bond donors (Lipinski definition) is 0. The molecule has 1 aromatic carbocycles. The van der Waals surface area contributed by atoms with Crippen LogP contribution in [-0.2, 0) is 6.54 Å². The van der Waals surface area contributed by atoms with Gasteiger partial charge in [0.1, 0.15) is 0 Å². The molecule has 0 aliphatic rings. The first-order chi connectivity index (χ1) is 10.6. The molecule has 0 saturated heterocycles. The molecule has 0 saturated carbocycles. The first-order valence-corrected chi connectivity index (χ1v) is 7.16. The smallest absolute Gasteiger partial charge is 0.255 e. The van der Waals surface area contributed by atoms with Gasteiger partial charge < -0.3 is 4.90 Å². The van der Waals surface area contributed by atoms with Crippen molar-refractivity contribution in [2.24, 2.45) is 0 Å². The predicted octanol–water partition coefficient (Wildman–Crippen LogP) is 3.21. The van der Waals surface area contributed by atoms with Crippen LogP contribution in [-0.4, -0.2) is 27.8 Å². The van der Waals surface area contributed by atoms with Crippen molar-refractivity contribution in [3.63, 3.8) is 0 Å². The number of rotatable bonds is 3. The van der Waals surface area contributed by atoms with Crippen LogP contribution in [0.25, 0.3) is 10.9 Å². The van der Waals surface area contributed by atoms with Crippen molar-refractivity contribution in [2.75, 3.05) is 7.05 Å². The average Bonchev–Trinajstić information content (AvgIpc) is 2.54. The number of aromatic nitrogens is 2. The molecule has 4 heteroatoms. The molecule has 3 aromatic rings. The van der Waals surface area contributed by atoms with Crippen molar-refractivity contribution in [2.45, 2.75) is 13.5 Å². The third-order valence-corrected chi connectivity index (χ3v) is 3.65. The van der Waals surface area contributed by atoms with E-state index in [0.717, 1.165) is 22.2 Å². The Hall–Kier alpha value is -2.75. The molecule has 0 aliphatic carbocycles. The fourth-order valence-corrected chi connectivity index (χ4v) is 2.46. The fraction of sp³-hybridized carbons (Fsp3) is 0.167. The second-order valence-corrected chi connectivity index (χ2v) is 5.34. The molecule has 0 radical (unpaired) electrons. The largest absolute Gasteiger partial charge is 0.337 e. The quantitative estimate of drug-likeness (QED) is 0.744. The summed E-state index contributed by atoms with van der Waals surface area (Å²) in [4.78, 5) is 23.0. The van der Waals surface area contributed by atoms with Crippen LogP contribution in [0.1, 0.15) is 21.6 Å². The molecule has 0 bridgehead atoms. The maximum absolute atomic E-state index is 12.7. The molecular formula is C18H17N3O. The van der Waals surface area contributed by atoms with Gasteiger partial charge in [0.2, 0.25) is 0 Å². The van der Waals surface area contributed by atoms with Crippen molar-refractivity contribution in [3.8, 4) is 0 Å². The van der Waals surface area contributed by atoms with Crippen LogP contribution in [0.4, 0.5) is 0 Å². The van der Waals surface area contributed by atoms with E-state index >= 15 is 0 Å². The zero-order valence-corrected chi connectivity index (χ0v) is 12.7. The number of aryl methyl sites for hydroxylation is 1. The second-order valence-electron chi connectivity index (χ2n) is 5.34. The van der Waals surface area contributed by atoms with Crippen LogP contribution in [0.5, 0.6) is 0 Å². The summed E-state index contributed by atoms with van der Waals surface area (Å²) in [6, 6.07) is 13.7. The Bertz CT molecular complexity index is 815. The first-order valence-electron chi connectivity index (χ1n) is 7.16. The molecular weight excluding hydrogens is 274 g/mol. The Morgan fingerprint density at radius 3 is 2.73 bits per heavy atom. The molecule has 1 amide bonds. The van der Waals surface area contributed by atoms with E-state index < -0.39 is 0 Å². The molecule has 0 N–H and O–H groups in total. The number of carbonyl (C=O) groups is 1. The number of fused-ring (bicyclic) bond motifs is 1. The van der Waals surface area contributed by atoms with Gasteiger partial charge in [-0.1, -0.05) is 30.3 Å². The Kier molecular flexibility index (Phi) is 3.83. The third-order valence-electron chi connectivity index (χ3n) is 3.65. The standard InChI is InChI=1S/C18H17N3O/c1-13-16(10-15-11-19-9-8-17(15)20-13)18(22)21(2)12-14-6-4-3-5-7-14/h3-11H,12H2,1-2H3. The number of carbonyl (C=O) groups excluding carboxylic acids is 1. The van der Waals surface area contributed by atoms with Crippen LogP contribution in [0.15, 0.2) is 54.9 Å². The lowest BCUT2D eigenvalue weighted by Gasteiger charge is -2.18. The monoisotopic (exact) mass is 291 g/mol. The van der Waals surface area contributed by atoms with Crippen LogP contribution < -0.4 is 0 Å². The Labute approximate surface area is 129 Å². The SMILES string of the molecule is Cc1nc2ccncc2cc1C(=O)N(C)Cc1ccccc1. The lowest BCUT2D eigenvalue weighted by molar-refractivity contribution is 0.0784. The molecule has 0 unspecified atom stereocenters. The summed E-state index contributed by atoms with van der Waals surface area (Å²) in [5.74, 6) is -0.0281. The Morgan fingerprint density at radius 2 is 1.95 bits per heavy atom. The number of amides is 1. The molecule has 4 nitrogen and oxygen atoms in total. The van der Waals surface area contributed by atoms with E-state index in [1.165, 1.54) is 0 Å². The van der Waals surface area contributed by atoms with E-state index in [9.17, 15) is 4.79 Å². The van der Waals surface area contributed by atoms with E-state index in [0.29, 0.717) is 12.1 Å². The Morgan fingerprint density at radius 1 is 1.18 bits per heavy atom. The minimum Gasteiger partial charge on any atom is -0.337 e. The van der Waals surface area contributed by atoms with Gasteiger partial charge >= 0.3 is 0 Å². The van der Waals surface area contributed by atoms with Crippen LogP contribution in [0.2, 0.25) is 0 Å². The summed E-state index contributed by atoms with van der Waals surface area (Å²) in [6.07, 6.45) is 3.44. The molecule has 2 heterocycles. The first kappa shape index (κ1) is 14.2. The highest BCUT2D eigenvalue weighted by molar-refractivity contribution is 5.98. The lowest BCUT2D eigenvalue weighted by atomic mass is 10.1. The van der Waals surface area contributed by atoms with E-state index in [1.54, 1.807) is 17.3 Å². The van der Waals surface area contributed by atoms with Crippen LogP contribution in [0.3, 0.4) is 0 Å². The van der Waals surface area contributed by atoms with Crippen molar-refractivity contribution in [3.05, 3.63) is 71.7 Å². The van der Waals surface area contributed by atoms with Gasteiger partial charge in [0.05, 0.1) is 16.8 Å². The fourth-order valence-electron chi connectivity index (χ4n) is 2.46. The molecule has 0 spiro atoms. The topological polar surface area (TPSA) is 46.1 Å². The summed E-state index contributed by atoms with van der Waals surface area (Å²) in [7, 11) is 1.81. The summed E-state index contributed by atoms with van der Waals surface area (Å²) in [6.45, 7) is 2.44. The van der Waals surface area contributed by atoms with Crippen molar-refractivity contribution in [1.29, 1.82) is 0 Å². The van der Waals surface area contributed by atoms with Crippen molar-refractivity contribution in [1.82, 2.24) is 14.9 Å². The minimum atomic E-state index is -0.0281. The van der Waals surface area contributed by atoms with Gasteiger partial charge in [0, 0.05) is 31.4 Å². The van der Waals surface area contributed by atoms with E-state index in [4.69, 9.17) is 0 Å². The second kappa shape index (κ2) is 5.93. The molecule has 0 atom stereocenters. The van der Waals surface area contributed by atoms with Crippen LogP contribution in [0, 0.1) is 6.92 Å². The summed E-state index contributed by atoms with van der Waals surface area (Å²) in [5, 5.41) is 0.879. The van der Waals surface area contributed by atoms with E-state index in [1.807, 2.05) is 56.4 Å². The van der Waals surface area contributed by atoms with Crippen molar-refractivity contribution < 1.29 is 4.79 Å². The molecule has 3 rings (SSSR count). The van der Waals surface area contributed by atoms with Gasteiger partial charge in [0.25, 0.3) is 5.91 Å². The Balaban J connectivity index is 1.89. The van der Waals surface area contributed by atoms with Gasteiger partial charge in [-0.25, -0.2) is 0 Å². The molecule has 22 heavy (non-hydrogen) atoms. The van der Waals surface area contributed by atoms with E-state index in [-0.39, 0.29) is 5.91 Å². The van der Waals surface area contributed by atoms with Gasteiger partial charge in [0.15, 0.2) is 0 Å². The number of nitrogens with zero attached hydrogens (tertiary/aromatic N) is 3. The highest BCUT2D eigenvalue weighted by atomic mass is 16.2. The zero-order chi connectivity index (χ0) is 15.5. The molecule has 110 valence electrons. The van der Waals surface area contributed by atoms with Gasteiger partial charge in [-0.2, -0.15) is 0 Å². The van der Waals surface area contributed by atoms with Crippen molar-refractivity contribution >= 4 is 16.8 Å². The summed E-state index contributed by atoms with van der Waals surface area (Å²) < 4.78 is 0. The summed E-state index contributed by atoms with van der Waals surface area (Å²) in [5.41, 5.74) is 3.32. The third kappa shape index (κ3) is 2.81. The van der Waals surface area contributed by atoms with Gasteiger partial charge in [-0.3, -0.25) is 14.8 Å². The van der Waals surface area contributed by atoms with Crippen LogP contribution >= 0.6 is 0 Å². The highest BCUT2D eigenvalue weighted by Gasteiger charge is 2.16. The maximum atomic E-state index is 12.7. The predicted molar refractivity (Wildman–Crippen MR) is 86.5 cm³/mol. The molecule has 0 fully saturated rings. The highest BCUT2D eigenvalue weighted by Crippen LogP contribution is 2.17. The summed E-state index contributed by atoms with van der Waals surface area (Å²) >= 11 is 0. The number of benzene rings is 1. The average molecular weight is 291 g/mol.